The van der Waals surface area contributed by atoms with Gasteiger partial charge in [-0.3, -0.25) is 19.7 Å². The second-order valence-electron chi connectivity index (χ2n) is 7.30. The van der Waals surface area contributed by atoms with E-state index in [2.05, 4.69) is 5.32 Å². The van der Waals surface area contributed by atoms with Crippen LogP contribution in [0.15, 0.2) is 78.9 Å². The number of rotatable bonds is 8. The quantitative estimate of drug-likeness (QED) is 0.409. The number of hydrogen-bond donors (Lipinski definition) is 1. The van der Waals surface area contributed by atoms with Crippen LogP contribution in [0.4, 0.5) is 5.69 Å². The molecule has 0 spiro atoms. The van der Waals surface area contributed by atoms with E-state index >= 15 is 0 Å². The van der Waals surface area contributed by atoms with Crippen molar-refractivity contribution < 1.29 is 14.5 Å². The number of nitrogens with one attached hydrogen (secondary N) is 1. The fraction of sp³-hybridized carbons (Fsp3) is 0.167. The normalized spacial score (nSPS) is 11.4. The highest BCUT2D eigenvalue weighted by atomic mass is 35.5. The summed E-state index contributed by atoms with van der Waals surface area (Å²) in [5.74, 6) is -0.760. The number of amides is 2. The molecule has 1 atom stereocenters. The van der Waals surface area contributed by atoms with E-state index in [1.165, 1.54) is 11.0 Å². The molecular weight excluding hydrogens is 430 g/mol. The number of benzene rings is 3. The van der Waals surface area contributed by atoms with E-state index in [1.54, 1.807) is 49.5 Å². The molecule has 0 aliphatic rings. The lowest BCUT2D eigenvalue weighted by atomic mass is 10.0. The summed E-state index contributed by atoms with van der Waals surface area (Å²) in [6.45, 7) is 0.0398. The van der Waals surface area contributed by atoms with E-state index in [0.29, 0.717) is 16.1 Å². The third-order valence-corrected chi connectivity index (χ3v) is 5.22. The number of nitro groups is 1. The maximum absolute atomic E-state index is 13.3. The van der Waals surface area contributed by atoms with Crippen LogP contribution in [0.2, 0.25) is 5.02 Å². The van der Waals surface area contributed by atoms with Crippen LogP contribution in [0.1, 0.15) is 21.5 Å². The van der Waals surface area contributed by atoms with Crippen LogP contribution >= 0.6 is 11.6 Å². The van der Waals surface area contributed by atoms with Crippen molar-refractivity contribution in [3.8, 4) is 0 Å². The standard InChI is InChI=1S/C24H22ClN3O4/c1-27(16-19-9-5-6-10-22(19)28(31)32)24(30)21(15-17-7-3-2-4-8-17)26-23(29)18-11-13-20(25)14-12-18/h2-14,21H,15-16H2,1H3,(H,26,29). The molecule has 0 saturated heterocycles. The highest BCUT2D eigenvalue weighted by Gasteiger charge is 2.26. The summed E-state index contributed by atoms with van der Waals surface area (Å²) in [7, 11) is 1.56. The van der Waals surface area contributed by atoms with Gasteiger partial charge in [-0.25, -0.2) is 0 Å². The van der Waals surface area contributed by atoms with Crippen molar-refractivity contribution in [2.24, 2.45) is 0 Å². The van der Waals surface area contributed by atoms with Gasteiger partial charge in [-0.15, -0.1) is 0 Å². The third-order valence-electron chi connectivity index (χ3n) is 4.96. The lowest BCUT2D eigenvalue weighted by Crippen LogP contribution is -2.48. The topological polar surface area (TPSA) is 92.5 Å². The van der Waals surface area contributed by atoms with Crippen LogP contribution in [0.5, 0.6) is 0 Å². The van der Waals surface area contributed by atoms with Crippen molar-refractivity contribution in [2.75, 3.05) is 7.05 Å². The number of hydrogen-bond acceptors (Lipinski definition) is 4. The Labute approximate surface area is 190 Å². The highest BCUT2D eigenvalue weighted by Crippen LogP contribution is 2.20. The summed E-state index contributed by atoms with van der Waals surface area (Å²) in [5, 5.41) is 14.6. The maximum atomic E-state index is 13.3. The van der Waals surface area contributed by atoms with Gasteiger partial charge in [0.1, 0.15) is 6.04 Å². The Kier molecular flexibility index (Phi) is 7.57. The minimum absolute atomic E-state index is 0.0398. The first kappa shape index (κ1) is 23.0. The van der Waals surface area contributed by atoms with E-state index in [-0.39, 0.29) is 24.6 Å². The van der Waals surface area contributed by atoms with E-state index < -0.39 is 16.9 Å². The van der Waals surface area contributed by atoms with Crippen LogP contribution in [0.25, 0.3) is 0 Å². The Morgan fingerprint density at radius 1 is 1.00 bits per heavy atom. The van der Waals surface area contributed by atoms with Crippen LogP contribution in [0.3, 0.4) is 0 Å². The van der Waals surface area contributed by atoms with Gasteiger partial charge in [-0.05, 0) is 29.8 Å². The Morgan fingerprint density at radius 3 is 2.28 bits per heavy atom. The molecule has 0 aliphatic heterocycles. The second-order valence-corrected chi connectivity index (χ2v) is 7.74. The average Bonchev–Trinajstić information content (AvgIpc) is 2.79. The van der Waals surface area contributed by atoms with E-state index in [4.69, 9.17) is 11.6 Å². The van der Waals surface area contributed by atoms with Crippen molar-refractivity contribution in [3.63, 3.8) is 0 Å². The van der Waals surface area contributed by atoms with Gasteiger partial charge in [0.05, 0.1) is 11.5 Å². The summed E-state index contributed by atoms with van der Waals surface area (Å²) >= 11 is 5.89. The van der Waals surface area contributed by atoms with E-state index in [0.717, 1.165) is 5.56 Å². The van der Waals surface area contributed by atoms with Crippen LogP contribution in [-0.2, 0) is 17.8 Å². The second kappa shape index (κ2) is 10.5. The fourth-order valence-corrected chi connectivity index (χ4v) is 3.44. The van der Waals surface area contributed by atoms with Crippen LogP contribution < -0.4 is 5.32 Å². The minimum Gasteiger partial charge on any atom is -0.340 e. The lowest BCUT2D eigenvalue weighted by molar-refractivity contribution is -0.385. The maximum Gasteiger partial charge on any atom is 0.274 e. The van der Waals surface area contributed by atoms with Crippen molar-refractivity contribution in [3.05, 3.63) is 111 Å². The van der Waals surface area contributed by atoms with Gasteiger partial charge >= 0.3 is 0 Å². The number of nitrogens with zero attached hydrogens (tertiary/aromatic N) is 2. The molecule has 8 heteroatoms. The number of para-hydroxylation sites is 1. The molecule has 0 aromatic heterocycles. The van der Waals surface area contributed by atoms with Gasteiger partial charge in [0, 0.05) is 35.7 Å². The predicted molar refractivity (Wildman–Crippen MR) is 122 cm³/mol. The zero-order valence-electron chi connectivity index (χ0n) is 17.4. The number of carbonyl (C=O) groups is 2. The molecule has 0 heterocycles. The molecule has 0 radical (unpaired) electrons. The van der Waals surface area contributed by atoms with Gasteiger partial charge in [0.15, 0.2) is 0 Å². The summed E-state index contributed by atoms with van der Waals surface area (Å²) in [6.07, 6.45) is 0.278. The summed E-state index contributed by atoms with van der Waals surface area (Å²) in [6, 6.07) is 21.1. The summed E-state index contributed by atoms with van der Waals surface area (Å²) in [4.78, 5) is 38.3. The van der Waals surface area contributed by atoms with Crippen molar-refractivity contribution in [1.82, 2.24) is 10.2 Å². The molecule has 7 nitrogen and oxygen atoms in total. The molecule has 0 saturated carbocycles. The zero-order valence-corrected chi connectivity index (χ0v) is 18.2. The smallest absolute Gasteiger partial charge is 0.274 e. The average molecular weight is 452 g/mol. The monoisotopic (exact) mass is 451 g/mol. The van der Waals surface area contributed by atoms with E-state index in [1.807, 2.05) is 30.3 Å². The van der Waals surface area contributed by atoms with Crippen LogP contribution in [-0.4, -0.2) is 34.7 Å². The van der Waals surface area contributed by atoms with Gasteiger partial charge in [0.2, 0.25) is 5.91 Å². The van der Waals surface area contributed by atoms with E-state index in [9.17, 15) is 19.7 Å². The van der Waals surface area contributed by atoms with Crippen LogP contribution in [0, 0.1) is 10.1 Å². The molecule has 0 bridgehead atoms. The van der Waals surface area contributed by atoms with Gasteiger partial charge in [0.25, 0.3) is 11.6 Å². The SMILES string of the molecule is CN(Cc1ccccc1[N+](=O)[O-])C(=O)C(Cc1ccccc1)NC(=O)c1ccc(Cl)cc1. The highest BCUT2D eigenvalue weighted by molar-refractivity contribution is 6.30. The molecule has 1 unspecified atom stereocenters. The summed E-state index contributed by atoms with van der Waals surface area (Å²) < 4.78 is 0. The zero-order chi connectivity index (χ0) is 23.1. The molecule has 3 aromatic carbocycles. The molecular formula is C24H22ClN3O4. The Hall–Kier alpha value is -3.71. The largest absolute Gasteiger partial charge is 0.340 e. The first-order chi connectivity index (χ1) is 15.3. The molecule has 164 valence electrons. The number of carbonyl (C=O) groups excluding carboxylic acids is 2. The molecule has 1 N–H and O–H groups in total. The first-order valence-electron chi connectivity index (χ1n) is 9.93. The molecule has 0 fully saturated rings. The Balaban J connectivity index is 1.81. The molecule has 3 aromatic rings. The Morgan fingerprint density at radius 2 is 1.62 bits per heavy atom. The molecule has 0 aliphatic carbocycles. The third kappa shape index (κ3) is 5.92. The van der Waals surface area contributed by atoms with Crippen molar-refractivity contribution in [2.45, 2.75) is 19.0 Å². The fourth-order valence-electron chi connectivity index (χ4n) is 3.31. The first-order valence-corrected chi connectivity index (χ1v) is 10.3. The number of halogens is 1. The van der Waals surface area contributed by atoms with Crippen molar-refractivity contribution in [1.29, 1.82) is 0 Å². The minimum atomic E-state index is -0.853. The van der Waals surface area contributed by atoms with Gasteiger partial charge in [-0.2, -0.15) is 0 Å². The molecule has 3 rings (SSSR count). The van der Waals surface area contributed by atoms with Crippen molar-refractivity contribution >= 4 is 29.1 Å². The van der Waals surface area contributed by atoms with Gasteiger partial charge in [-0.1, -0.05) is 60.1 Å². The lowest BCUT2D eigenvalue weighted by Gasteiger charge is -2.25. The summed E-state index contributed by atoms with van der Waals surface area (Å²) in [5.41, 5.74) is 1.61. The molecule has 32 heavy (non-hydrogen) atoms. The van der Waals surface area contributed by atoms with Gasteiger partial charge < -0.3 is 10.2 Å². The predicted octanol–water partition coefficient (Wildman–Crippen LogP) is 4.25. The Bertz CT molecular complexity index is 1100. The molecule has 2 amide bonds. The number of likely N-dealkylation sites (N-methyl/N-ethyl adjacent to an activating group) is 1. The number of nitro benzene ring substituents is 1.